The Balaban J connectivity index is 1.37. The number of hydrogen-bond acceptors (Lipinski definition) is 8. The highest BCUT2D eigenvalue weighted by Gasteiger charge is 2.26. The van der Waals surface area contributed by atoms with Crippen molar-refractivity contribution in [1.29, 1.82) is 0 Å². The number of nitrogens with zero attached hydrogens (tertiary/aromatic N) is 5. The molecule has 1 aliphatic rings. The van der Waals surface area contributed by atoms with E-state index in [0.717, 1.165) is 45.0 Å². The number of hydrogen-bond donors (Lipinski definition) is 2. The third-order valence-corrected chi connectivity index (χ3v) is 8.01. The lowest BCUT2D eigenvalue weighted by molar-refractivity contribution is 0.133. The topological polar surface area (TPSA) is 115 Å². The molecule has 4 heterocycles. The number of anilines is 1. The predicted octanol–water partition coefficient (Wildman–Crippen LogP) is 6.27. The Hall–Kier alpha value is -4.64. The van der Waals surface area contributed by atoms with Crippen LogP contribution in [0.3, 0.4) is 0 Å². The van der Waals surface area contributed by atoms with E-state index < -0.39 is 6.09 Å². The number of carbonyl (C=O) groups is 1. The molecule has 1 amide bonds. The molecule has 6 rings (SSSR count). The molecule has 0 aliphatic carbocycles. The quantitative estimate of drug-likeness (QED) is 0.224. The smallest absolute Gasteiger partial charge is 0.407 e. The van der Waals surface area contributed by atoms with Crippen LogP contribution in [0.4, 0.5) is 10.6 Å². The minimum Gasteiger partial charge on any atom is -0.497 e. The van der Waals surface area contributed by atoms with Crippen molar-refractivity contribution in [3.8, 4) is 27.8 Å². The number of piperidine rings is 1. The lowest BCUT2D eigenvalue weighted by atomic mass is 10.1. The largest absolute Gasteiger partial charge is 0.497 e. The average Bonchev–Trinajstić information content (AvgIpc) is 3.58. The zero-order valence-electron chi connectivity index (χ0n) is 22.8. The Bertz CT molecular complexity index is 1680. The molecule has 0 bridgehead atoms. The van der Waals surface area contributed by atoms with Gasteiger partial charge in [-0.3, -0.25) is 0 Å². The van der Waals surface area contributed by atoms with Crippen molar-refractivity contribution in [1.82, 2.24) is 24.6 Å². The summed E-state index contributed by atoms with van der Waals surface area (Å²) in [6.45, 7) is 3.44. The first-order valence-corrected chi connectivity index (χ1v) is 14.2. The van der Waals surface area contributed by atoms with E-state index in [0.29, 0.717) is 42.6 Å². The second-order valence-corrected chi connectivity index (χ2v) is 11.2. The summed E-state index contributed by atoms with van der Waals surface area (Å²) in [6.07, 6.45) is 4.29. The molecule has 11 heteroatoms. The lowest BCUT2D eigenvalue weighted by Crippen LogP contribution is -2.44. The first-order valence-electron chi connectivity index (χ1n) is 13.4. The van der Waals surface area contributed by atoms with E-state index in [2.05, 4.69) is 15.3 Å². The van der Waals surface area contributed by atoms with E-state index in [9.17, 15) is 9.90 Å². The molecule has 1 atom stereocenters. The fourth-order valence-corrected chi connectivity index (χ4v) is 5.80. The van der Waals surface area contributed by atoms with Crippen LogP contribution >= 0.6 is 11.3 Å². The van der Waals surface area contributed by atoms with Crippen LogP contribution in [0.2, 0.25) is 0 Å². The Morgan fingerprint density at radius 3 is 2.76 bits per heavy atom. The number of ether oxygens (including phenoxy) is 2. The number of aromatic nitrogens is 4. The number of fused-ring (bicyclic) bond motifs is 1. The van der Waals surface area contributed by atoms with Crippen LogP contribution in [-0.2, 0) is 6.54 Å². The van der Waals surface area contributed by atoms with Gasteiger partial charge < -0.3 is 24.8 Å². The number of amides is 1. The van der Waals surface area contributed by atoms with Crippen LogP contribution in [0.15, 0.2) is 67.0 Å². The summed E-state index contributed by atoms with van der Waals surface area (Å²) in [6, 6.07) is 17.4. The van der Waals surface area contributed by atoms with Gasteiger partial charge in [0.05, 0.1) is 13.7 Å². The third-order valence-electron chi connectivity index (χ3n) is 7.05. The van der Waals surface area contributed by atoms with Crippen molar-refractivity contribution in [2.75, 3.05) is 25.5 Å². The summed E-state index contributed by atoms with van der Waals surface area (Å²) in [7, 11) is 1.64. The Labute approximate surface area is 241 Å². The molecule has 0 radical (unpaired) electrons. The molecule has 1 saturated heterocycles. The molecule has 210 valence electrons. The van der Waals surface area contributed by atoms with Crippen LogP contribution in [0, 0.1) is 6.92 Å². The molecule has 10 nitrogen and oxygen atoms in total. The van der Waals surface area contributed by atoms with Gasteiger partial charge in [0.25, 0.3) is 0 Å². The zero-order chi connectivity index (χ0) is 28.3. The number of pyridine rings is 1. The summed E-state index contributed by atoms with van der Waals surface area (Å²) in [5.74, 6) is 2.68. The van der Waals surface area contributed by atoms with Gasteiger partial charge in [0.2, 0.25) is 0 Å². The summed E-state index contributed by atoms with van der Waals surface area (Å²) >= 11 is 1.64. The van der Waals surface area contributed by atoms with Crippen LogP contribution in [0.25, 0.3) is 21.6 Å². The van der Waals surface area contributed by atoms with Crippen molar-refractivity contribution in [3.05, 3.63) is 77.4 Å². The second-order valence-electron chi connectivity index (χ2n) is 9.98. The predicted molar refractivity (Wildman–Crippen MR) is 158 cm³/mol. The van der Waals surface area contributed by atoms with E-state index in [1.165, 1.54) is 4.90 Å². The molecule has 0 saturated carbocycles. The number of carboxylic acid groups (broad SMARTS) is 1. The molecule has 0 unspecified atom stereocenters. The van der Waals surface area contributed by atoms with E-state index >= 15 is 0 Å². The SMILES string of the molecule is COc1ccc(Cn2nc(N[C@@H]3CCCN(C(=O)O)C3)c3c(Oc4cccc(-c5ncc(C)s5)c4)ccnc32)cc1. The molecule has 41 heavy (non-hydrogen) atoms. The van der Waals surface area contributed by atoms with E-state index in [4.69, 9.17) is 14.6 Å². The molecule has 0 spiro atoms. The maximum atomic E-state index is 11.6. The Morgan fingerprint density at radius 2 is 2.00 bits per heavy atom. The summed E-state index contributed by atoms with van der Waals surface area (Å²) in [5, 5.41) is 19.7. The number of likely N-dealkylation sites (tertiary alicyclic amines) is 1. The normalized spacial score (nSPS) is 15.2. The van der Waals surface area contributed by atoms with Crippen LogP contribution in [-0.4, -0.2) is 62.1 Å². The summed E-state index contributed by atoms with van der Waals surface area (Å²) in [5.41, 5.74) is 2.69. The first kappa shape index (κ1) is 26.6. The van der Waals surface area contributed by atoms with Gasteiger partial charge in [0.1, 0.15) is 27.6 Å². The van der Waals surface area contributed by atoms with Crippen molar-refractivity contribution < 1.29 is 19.4 Å². The van der Waals surface area contributed by atoms with Crippen molar-refractivity contribution >= 4 is 34.3 Å². The highest BCUT2D eigenvalue weighted by atomic mass is 32.1. The molecule has 1 aliphatic heterocycles. The fraction of sp³-hybridized carbons (Fsp3) is 0.267. The van der Waals surface area contributed by atoms with Crippen LogP contribution in [0.1, 0.15) is 23.3 Å². The van der Waals surface area contributed by atoms with Crippen LogP contribution < -0.4 is 14.8 Å². The molecule has 2 aromatic carbocycles. The van der Waals surface area contributed by atoms with Gasteiger partial charge in [-0.05, 0) is 49.6 Å². The molecule has 2 N–H and O–H groups in total. The molecular formula is C30H30N6O4S. The number of thiazole rings is 1. The molecule has 1 fully saturated rings. The maximum Gasteiger partial charge on any atom is 0.407 e. The van der Waals surface area contributed by atoms with Gasteiger partial charge in [0.15, 0.2) is 11.5 Å². The molecule has 5 aromatic rings. The maximum absolute atomic E-state index is 11.6. The third kappa shape index (κ3) is 5.80. The first-order chi connectivity index (χ1) is 20.0. The van der Waals surface area contributed by atoms with Gasteiger partial charge in [0, 0.05) is 48.0 Å². The summed E-state index contributed by atoms with van der Waals surface area (Å²) < 4.78 is 13.6. The minimum absolute atomic E-state index is 0.0862. The monoisotopic (exact) mass is 570 g/mol. The minimum atomic E-state index is -0.910. The Kier molecular flexibility index (Phi) is 7.43. The Morgan fingerprint density at radius 1 is 1.15 bits per heavy atom. The van der Waals surface area contributed by atoms with E-state index in [1.807, 2.05) is 72.4 Å². The number of aryl methyl sites for hydroxylation is 1. The number of methoxy groups -OCH3 is 1. The van der Waals surface area contributed by atoms with Crippen molar-refractivity contribution in [2.24, 2.45) is 0 Å². The van der Waals surface area contributed by atoms with Crippen molar-refractivity contribution in [3.63, 3.8) is 0 Å². The highest BCUT2D eigenvalue weighted by molar-refractivity contribution is 7.14. The average molecular weight is 571 g/mol. The second kappa shape index (κ2) is 11.5. The standard InChI is InChI=1S/C30H30N6O4S/c1-19-16-32-29(41-19)21-5-3-7-24(15-21)40-25-12-13-31-28-26(25)27(33-22-6-4-14-35(18-22)30(37)38)34-36(28)17-20-8-10-23(39-2)11-9-20/h3,5,7-13,15-16,22H,4,6,14,17-18H2,1-2H3,(H,33,34)(H,37,38)/t22-/m1/s1. The van der Waals surface area contributed by atoms with Crippen molar-refractivity contribution in [2.45, 2.75) is 32.4 Å². The highest BCUT2D eigenvalue weighted by Crippen LogP contribution is 2.36. The zero-order valence-corrected chi connectivity index (χ0v) is 23.6. The summed E-state index contributed by atoms with van der Waals surface area (Å²) in [4.78, 5) is 23.4. The number of nitrogens with one attached hydrogen (secondary N) is 1. The van der Waals surface area contributed by atoms with Gasteiger partial charge in [-0.1, -0.05) is 24.3 Å². The van der Waals surface area contributed by atoms with Gasteiger partial charge in [-0.2, -0.15) is 5.10 Å². The fourth-order valence-electron chi connectivity index (χ4n) is 5.04. The van der Waals surface area contributed by atoms with E-state index in [1.54, 1.807) is 24.6 Å². The van der Waals surface area contributed by atoms with Crippen LogP contribution in [0.5, 0.6) is 17.2 Å². The van der Waals surface area contributed by atoms with Gasteiger partial charge in [-0.15, -0.1) is 11.3 Å². The molecular weight excluding hydrogens is 540 g/mol. The lowest BCUT2D eigenvalue weighted by Gasteiger charge is -2.31. The van der Waals surface area contributed by atoms with Gasteiger partial charge in [-0.25, -0.2) is 19.4 Å². The number of rotatable bonds is 8. The molecule has 3 aromatic heterocycles. The van der Waals surface area contributed by atoms with E-state index in [-0.39, 0.29) is 6.04 Å². The number of benzene rings is 2. The van der Waals surface area contributed by atoms with Gasteiger partial charge >= 0.3 is 6.09 Å².